The molecule has 5 heteroatoms. The summed E-state index contributed by atoms with van der Waals surface area (Å²) in [7, 11) is 0. The maximum absolute atomic E-state index is 12.0. The minimum absolute atomic E-state index is 0.00782. The number of halogens is 1. The molecule has 1 atom stereocenters. The summed E-state index contributed by atoms with van der Waals surface area (Å²) >= 11 is 3.40. The van der Waals surface area contributed by atoms with Crippen molar-refractivity contribution >= 4 is 22.0 Å². The maximum atomic E-state index is 12.0. The van der Waals surface area contributed by atoms with E-state index in [0.717, 1.165) is 10.0 Å². The number of hydrogen-bond donors (Lipinski definition) is 1. The maximum Gasteiger partial charge on any atom is 0.318 e. The monoisotopic (exact) mass is 312 g/mol. The number of rotatable bonds is 2. The number of nitrogens with zero attached hydrogens (tertiary/aromatic N) is 1. The van der Waals surface area contributed by atoms with Crippen LogP contribution < -0.4 is 5.32 Å². The van der Waals surface area contributed by atoms with Crippen molar-refractivity contribution < 1.29 is 9.53 Å². The van der Waals surface area contributed by atoms with Crippen LogP contribution in [0.1, 0.15) is 18.5 Å². The molecule has 1 aliphatic heterocycles. The first-order valence-electron chi connectivity index (χ1n) is 6.05. The predicted octanol–water partition coefficient (Wildman–Crippen LogP) is 2.55. The number of carbonyl (C=O) groups is 1. The molecule has 2 amide bonds. The Labute approximate surface area is 115 Å². The number of ether oxygens (including phenoxy) is 1. The lowest BCUT2D eigenvalue weighted by Crippen LogP contribution is -2.46. The van der Waals surface area contributed by atoms with E-state index < -0.39 is 0 Å². The van der Waals surface area contributed by atoms with Crippen molar-refractivity contribution in [2.45, 2.75) is 13.0 Å². The fraction of sp³-hybridized carbons (Fsp3) is 0.462. The van der Waals surface area contributed by atoms with E-state index in [0.29, 0.717) is 26.3 Å². The van der Waals surface area contributed by atoms with Crippen molar-refractivity contribution in [2.75, 3.05) is 26.3 Å². The van der Waals surface area contributed by atoms with Crippen molar-refractivity contribution in [3.05, 3.63) is 34.3 Å². The van der Waals surface area contributed by atoms with Gasteiger partial charge in [0.2, 0.25) is 0 Å². The van der Waals surface area contributed by atoms with Crippen LogP contribution in [0.25, 0.3) is 0 Å². The molecule has 1 fully saturated rings. The molecule has 0 aliphatic carbocycles. The molecule has 1 saturated heterocycles. The van der Waals surface area contributed by atoms with Crippen molar-refractivity contribution in [2.24, 2.45) is 0 Å². The number of carbonyl (C=O) groups excluding carboxylic acids is 1. The van der Waals surface area contributed by atoms with Gasteiger partial charge in [0.1, 0.15) is 0 Å². The van der Waals surface area contributed by atoms with Gasteiger partial charge in [-0.3, -0.25) is 0 Å². The van der Waals surface area contributed by atoms with Crippen molar-refractivity contribution in [3.8, 4) is 0 Å². The SMILES string of the molecule is CC(NC(=O)N1CCOCC1)c1ccc(Br)cc1. The summed E-state index contributed by atoms with van der Waals surface area (Å²) in [5.74, 6) is 0. The Balaban J connectivity index is 1.91. The van der Waals surface area contributed by atoms with Crippen LogP contribution in [0.15, 0.2) is 28.7 Å². The summed E-state index contributed by atoms with van der Waals surface area (Å²) < 4.78 is 6.27. The summed E-state index contributed by atoms with van der Waals surface area (Å²) in [6, 6.07) is 7.96. The van der Waals surface area contributed by atoms with Crippen molar-refractivity contribution in [3.63, 3.8) is 0 Å². The molecule has 0 radical (unpaired) electrons. The Morgan fingerprint density at radius 2 is 1.94 bits per heavy atom. The van der Waals surface area contributed by atoms with Crippen LogP contribution >= 0.6 is 15.9 Å². The highest BCUT2D eigenvalue weighted by Crippen LogP contribution is 2.16. The van der Waals surface area contributed by atoms with E-state index in [-0.39, 0.29) is 12.1 Å². The number of hydrogen-bond acceptors (Lipinski definition) is 2. The van der Waals surface area contributed by atoms with Crippen LogP contribution in [0.4, 0.5) is 4.79 Å². The zero-order valence-electron chi connectivity index (χ0n) is 10.4. The van der Waals surface area contributed by atoms with E-state index in [9.17, 15) is 4.79 Å². The van der Waals surface area contributed by atoms with E-state index in [1.54, 1.807) is 4.90 Å². The lowest BCUT2D eigenvalue weighted by molar-refractivity contribution is 0.0526. The molecular weight excluding hydrogens is 296 g/mol. The number of urea groups is 1. The number of nitrogens with one attached hydrogen (secondary N) is 1. The Bertz CT molecular complexity index is 402. The molecule has 1 heterocycles. The first-order chi connectivity index (χ1) is 8.66. The van der Waals surface area contributed by atoms with Crippen LogP contribution in [0.2, 0.25) is 0 Å². The third-order valence-electron chi connectivity index (χ3n) is 3.01. The smallest absolute Gasteiger partial charge is 0.318 e. The molecule has 1 aliphatic rings. The third-order valence-corrected chi connectivity index (χ3v) is 3.54. The summed E-state index contributed by atoms with van der Waals surface area (Å²) in [5.41, 5.74) is 1.10. The Hall–Kier alpha value is -1.07. The molecular formula is C13H17BrN2O2. The fourth-order valence-electron chi connectivity index (χ4n) is 1.88. The van der Waals surface area contributed by atoms with Gasteiger partial charge in [0, 0.05) is 17.6 Å². The minimum Gasteiger partial charge on any atom is -0.378 e. The zero-order chi connectivity index (χ0) is 13.0. The van der Waals surface area contributed by atoms with Gasteiger partial charge in [0.15, 0.2) is 0 Å². The van der Waals surface area contributed by atoms with Gasteiger partial charge in [-0.1, -0.05) is 28.1 Å². The second-order valence-corrected chi connectivity index (χ2v) is 5.24. The van der Waals surface area contributed by atoms with Crippen LogP contribution in [0.3, 0.4) is 0 Å². The van der Waals surface area contributed by atoms with E-state index in [2.05, 4.69) is 21.2 Å². The molecule has 0 saturated carbocycles. The van der Waals surface area contributed by atoms with Gasteiger partial charge in [0.05, 0.1) is 19.3 Å². The highest BCUT2D eigenvalue weighted by Gasteiger charge is 2.18. The largest absolute Gasteiger partial charge is 0.378 e. The number of morpholine rings is 1. The van der Waals surface area contributed by atoms with E-state index in [1.807, 2.05) is 31.2 Å². The predicted molar refractivity (Wildman–Crippen MR) is 73.5 cm³/mol. The first kappa shape index (κ1) is 13.4. The van der Waals surface area contributed by atoms with Crippen LogP contribution in [-0.4, -0.2) is 37.2 Å². The molecule has 1 N–H and O–H groups in total. The normalized spacial score (nSPS) is 17.3. The Morgan fingerprint density at radius 1 is 1.33 bits per heavy atom. The first-order valence-corrected chi connectivity index (χ1v) is 6.85. The van der Waals surface area contributed by atoms with Crippen molar-refractivity contribution in [1.29, 1.82) is 0 Å². The fourth-order valence-corrected chi connectivity index (χ4v) is 2.14. The topological polar surface area (TPSA) is 41.6 Å². The van der Waals surface area contributed by atoms with Gasteiger partial charge in [-0.05, 0) is 24.6 Å². The van der Waals surface area contributed by atoms with Crippen LogP contribution in [-0.2, 0) is 4.74 Å². The van der Waals surface area contributed by atoms with Gasteiger partial charge < -0.3 is 15.0 Å². The number of benzene rings is 1. The van der Waals surface area contributed by atoms with E-state index >= 15 is 0 Å². The minimum atomic E-state index is -0.0197. The Kier molecular flexibility index (Phi) is 4.60. The Morgan fingerprint density at radius 3 is 2.56 bits per heavy atom. The van der Waals surface area contributed by atoms with Gasteiger partial charge in [0.25, 0.3) is 0 Å². The van der Waals surface area contributed by atoms with Gasteiger partial charge in [-0.25, -0.2) is 4.79 Å². The molecule has 1 aromatic rings. The molecule has 2 rings (SSSR count). The average Bonchev–Trinajstić information content (AvgIpc) is 2.40. The lowest BCUT2D eigenvalue weighted by Gasteiger charge is -2.28. The quantitative estimate of drug-likeness (QED) is 0.912. The summed E-state index contributed by atoms with van der Waals surface area (Å²) in [4.78, 5) is 13.8. The molecule has 4 nitrogen and oxygen atoms in total. The van der Waals surface area contributed by atoms with E-state index in [1.165, 1.54) is 0 Å². The molecule has 18 heavy (non-hydrogen) atoms. The zero-order valence-corrected chi connectivity index (χ0v) is 11.9. The second-order valence-electron chi connectivity index (χ2n) is 4.32. The third kappa shape index (κ3) is 3.46. The van der Waals surface area contributed by atoms with Gasteiger partial charge in [-0.2, -0.15) is 0 Å². The molecule has 98 valence electrons. The summed E-state index contributed by atoms with van der Waals surface area (Å²) in [6.45, 7) is 4.57. The van der Waals surface area contributed by atoms with Crippen LogP contribution in [0, 0.1) is 0 Å². The molecule has 0 bridgehead atoms. The summed E-state index contributed by atoms with van der Waals surface area (Å²) in [6.07, 6.45) is 0. The average molecular weight is 313 g/mol. The summed E-state index contributed by atoms with van der Waals surface area (Å²) in [5, 5.41) is 3.00. The standard InChI is InChI=1S/C13H17BrN2O2/c1-10(11-2-4-12(14)5-3-11)15-13(17)16-6-8-18-9-7-16/h2-5,10H,6-9H2,1H3,(H,15,17). The molecule has 0 aromatic heterocycles. The van der Waals surface area contributed by atoms with Crippen molar-refractivity contribution in [1.82, 2.24) is 10.2 Å². The van der Waals surface area contributed by atoms with Crippen LogP contribution in [0.5, 0.6) is 0 Å². The van der Waals surface area contributed by atoms with E-state index in [4.69, 9.17) is 4.74 Å². The number of amides is 2. The highest BCUT2D eigenvalue weighted by atomic mass is 79.9. The molecule has 1 aromatic carbocycles. The molecule has 1 unspecified atom stereocenters. The van der Waals surface area contributed by atoms with Gasteiger partial charge >= 0.3 is 6.03 Å². The molecule has 0 spiro atoms. The second kappa shape index (κ2) is 6.20. The van der Waals surface area contributed by atoms with Gasteiger partial charge in [-0.15, -0.1) is 0 Å². The highest BCUT2D eigenvalue weighted by molar-refractivity contribution is 9.10. The lowest BCUT2D eigenvalue weighted by atomic mass is 10.1.